The van der Waals surface area contributed by atoms with Crippen molar-refractivity contribution in [1.82, 2.24) is 4.90 Å². The minimum atomic E-state index is 0.751. The molecule has 0 spiro atoms. The summed E-state index contributed by atoms with van der Waals surface area (Å²) < 4.78 is 5.29. The standard InChI is InChI=1S/C7H12N2O/c1-8-7-9(4-5-10-7)6-2-3-6/h6H,2-5H2,1H3. The molecule has 0 bridgehead atoms. The molecular formula is C7H12N2O. The minimum absolute atomic E-state index is 0.751. The van der Waals surface area contributed by atoms with E-state index < -0.39 is 0 Å². The van der Waals surface area contributed by atoms with Gasteiger partial charge in [0, 0.05) is 13.1 Å². The summed E-state index contributed by atoms with van der Waals surface area (Å²) in [6.07, 6.45) is 2.64. The van der Waals surface area contributed by atoms with E-state index in [0.717, 1.165) is 25.2 Å². The smallest absolute Gasteiger partial charge is 0.287 e. The topological polar surface area (TPSA) is 24.8 Å². The third-order valence-electron chi connectivity index (χ3n) is 1.99. The molecule has 1 aliphatic carbocycles. The molecule has 0 unspecified atom stereocenters. The summed E-state index contributed by atoms with van der Waals surface area (Å²) in [4.78, 5) is 6.31. The summed E-state index contributed by atoms with van der Waals surface area (Å²) in [7, 11) is 1.79. The predicted molar refractivity (Wildman–Crippen MR) is 39.0 cm³/mol. The fraction of sp³-hybridized carbons (Fsp3) is 0.857. The monoisotopic (exact) mass is 140 g/mol. The van der Waals surface area contributed by atoms with Gasteiger partial charge in [-0.05, 0) is 12.8 Å². The van der Waals surface area contributed by atoms with Crippen LogP contribution in [0.5, 0.6) is 0 Å². The maximum atomic E-state index is 5.29. The Morgan fingerprint density at radius 1 is 1.60 bits per heavy atom. The lowest BCUT2D eigenvalue weighted by atomic mass is 10.5. The summed E-state index contributed by atoms with van der Waals surface area (Å²) in [6.45, 7) is 1.86. The van der Waals surface area contributed by atoms with Crippen LogP contribution in [-0.2, 0) is 4.74 Å². The van der Waals surface area contributed by atoms with E-state index in [0.29, 0.717) is 0 Å². The van der Waals surface area contributed by atoms with Crippen molar-refractivity contribution in [1.29, 1.82) is 0 Å². The SMILES string of the molecule is CN=C1OCCN1C1CC1. The van der Waals surface area contributed by atoms with Gasteiger partial charge in [-0.25, -0.2) is 4.99 Å². The fourth-order valence-electron chi connectivity index (χ4n) is 1.33. The molecule has 1 saturated heterocycles. The fourth-order valence-corrected chi connectivity index (χ4v) is 1.33. The number of aliphatic imine (C=N–C) groups is 1. The number of rotatable bonds is 1. The molecule has 0 aromatic heterocycles. The van der Waals surface area contributed by atoms with E-state index in [1.165, 1.54) is 12.8 Å². The first-order chi connectivity index (χ1) is 4.92. The lowest BCUT2D eigenvalue weighted by molar-refractivity contribution is 0.350. The van der Waals surface area contributed by atoms with E-state index >= 15 is 0 Å². The van der Waals surface area contributed by atoms with E-state index in [9.17, 15) is 0 Å². The maximum Gasteiger partial charge on any atom is 0.287 e. The van der Waals surface area contributed by atoms with Gasteiger partial charge in [0.1, 0.15) is 6.61 Å². The van der Waals surface area contributed by atoms with Crippen molar-refractivity contribution in [3.05, 3.63) is 0 Å². The van der Waals surface area contributed by atoms with Crippen LogP contribution in [0, 0.1) is 0 Å². The van der Waals surface area contributed by atoms with Gasteiger partial charge in [-0.1, -0.05) is 0 Å². The van der Waals surface area contributed by atoms with Gasteiger partial charge in [-0.15, -0.1) is 0 Å². The predicted octanol–water partition coefficient (Wildman–Crippen LogP) is 0.467. The largest absolute Gasteiger partial charge is 0.463 e. The number of nitrogens with zero attached hydrogens (tertiary/aromatic N) is 2. The Kier molecular flexibility index (Phi) is 1.29. The lowest BCUT2D eigenvalue weighted by Gasteiger charge is -2.13. The van der Waals surface area contributed by atoms with Crippen LogP contribution in [0.25, 0.3) is 0 Å². The summed E-state index contributed by atoms with van der Waals surface area (Å²) in [5, 5.41) is 0. The Labute approximate surface area is 60.7 Å². The van der Waals surface area contributed by atoms with E-state index in [2.05, 4.69) is 9.89 Å². The van der Waals surface area contributed by atoms with Gasteiger partial charge in [0.15, 0.2) is 0 Å². The van der Waals surface area contributed by atoms with Crippen LogP contribution in [0.15, 0.2) is 4.99 Å². The molecule has 0 atom stereocenters. The van der Waals surface area contributed by atoms with Crippen molar-refractivity contribution in [2.75, 3.05) is 20.2 Å². The van der Waals surface area contributed by atoms with Crippen LogP contribution >= 0.6 is 0 Å². The van der Waals surface area contributed by atoms with Crippen molar-refractivity contribution in [2.45, 2.75) is 18.9 Å². The molecule has 1 saturated carbocycles. The Morgan fingerprint density at radius 2 is 2.40 bits per heavy atom. The maximum absolute atomic E-state index is 5.29. The average Bonchev–Trinajstić information content (AvgIpc) is 2.69. The molecule has 0 aromatic rings. The minimum Gasteiger partial charge on any atom is -0.463 e. The second kappa shape index (κ2) is 2.15. The number of amidine groups is 1. The number of ether oxygens (including phenoxy) is 1. The van der Waals surface area contributed by atoms with Crippen molar-refractivity contribution in [3.8, 4) is 0 Å². The Balaban J connectivity index is 2.05. The molecule has 56 valence electrons. The van der Waals surface area contributed by atoms with Gasteiger partial charge in [-0.2, -0.15) is 0 Å². The second-order valence-corrected chi connectivity index (χ2v) is 2.78. The molecule has 1 heterocycles. The highest BCUT2D eigenvalue weighted by Gasteiger charge is 2.34. The van der Waals surface area contributed by atoms with E-state index in [1.54, 1.807) is 7.05 Å². The highest BCUT2D eigenvalue weighted by atomic mass is 16.5. The zero-order valence-corrected chi connectivity index (χ0v) is 6.21. The first-order valence-corrected chi connectivity index (χ1v) is 3.78. The van der Waals surface area contributed by atoms with Crippen molar-refractivity contribution in [3.63, 3.8) is 0 Å². The van der Waals surface area contributed by atoms with Crippen LogP contribution < -0.4 is 0 Å². The normalized spacial score (nSPS) is 29.3. The van der Waals surface area contributed by atoms with Gasteiger partial charge in [0.05, 0.1) is 6.54 Å². The van der Waals surface area contributed by atoms with E-state index in [4.69, 9.17) is 4.74 Å². The van der Waals surface area contributed by atoms with E-state index in [1.807, 2.05) is 0 Å². The highest BCUT2D eigenvalue weighted by Crippen LogP contribution is 2.28. The molecule has 2 aliphatic rings. The van der Waals surface area contributed by atoms with Gasteiger partial charge in [-0.3, -0.25) is 0 Å². The molecule has 2 rings (SSSR count). The molecular weight excluding hydrogens is 128 g/mol. The number of hydrogen-bond donors (Lipinski definition) is 0. The third-order valence-corrected chi connectivity index (χ3v) is 1.99. The van der Waals surface area contributed by atoms with Crippen molar-refractivity contribution < 1.29 is 4.74 Å². The summed E-state index contributed by atoms with van der Waals surface area (Å²) in [6, 6.07) is 1.60. The van der Waals surface area contributed by atoms with Crippen LogP contribution in [0.1, 0.15) is 12.8 Å². The van der Waals surface area contributed by atoms with Gasteiger partial charge in [0.2, 0.25) is 0 Å². The first kappa shape index (κ1) is 6.01. The van der Waals surface area contributed by atoms with Gasteiger partial charge >= 0.3 is 0 Å². The summed E-state index contributed by atoms with van der Waals surface area (Å²) in [5.41, 5.74) is 0. The lowest BCUT2D eigenvalue weighted by Crippen LogP contribution is -2.27. The average molecular weight is 140 g/mol. The van der Waals surface area contributed by atoms with Gasteiger partial charge < -0.3 is 9.64 Å². The summed E-state index contributed by atoms with van der Waals surface area (Å²) >= 11 is 0. The molecule has 0 radical (unpaired) electrons. The molecule has 2 fully saturated rings. The second-order valence-electron chi connectivity index (χ2n) is 2.78. The van der Waals surface area contributed by atoms with Crippen LogP contribution in [0.2, 0.25) is 0 Å². The molecule has 3 heteroatoms. The van der Waals surface area contributed by atoms with Crippen molar-refractivity contribution in [2.24, 2.45) is 4.99 Å². The molecule has 0 aromatic carbocycles. The summed E-state index contributed by atoms with van der Waals surface area (Å²) in [5.74, 6) is 0. The molecule has 1 aliphatic heterocycles. The Hall–Kier alpha value is -0.730. The van der Waals surface area contributed by atoms with Crippen LogP contribution in [-0.4, -0.2) is 37.2 Å². The van der Waals surface area contributed by atoms with Crippen LogP contribution in [0.3, 0.4) is 0 Å². The van der Waals surface area contributed by atoms with E-state index in [-0.39, 0.29) is 0 Å². The van der Waals surface area contributed by atoms with Crippen LogP contribution in [0.4, 0.5) is 0 Å². The Morgan fingerprint density at radius 3 is 3.00 bits per heavy atom. The van der Waals surface area contributed by atoms with Gasteiger partial charge in [0.25, 0.3) is 6.02 Å². The molecule has 0 N–H and O–H groups in total. The van der Waals surface area contributed by atoms with Crippen molar-refractivity contribution >= 4 is 6.02 Å². The molecule has 3 nitrogen and oxygen atoms in total. The zero-order chi connectivity index (χ0) is 6.97. The molecule has 10 heavy (non-hydrogen) atoms. The molecule has 0 amide bonds. The zero-order valence-electron chi connectivity index (χ0n) is 6.21. The Bertz CT molecular complexity index is 163. The number of hydrogen-bond acceptors (Lipinski definition) is 2. The highest BCUT2D eigenvalue weighted by molar-refractivity contribution is 5.75. The third kappa shape index (κ3) is 0.856. The quantitative estimate of drug-likeness (QED) is 0.529. The first-order valence-electron chi connectivity index (χ1n) is 3.78.